The second-order valence-corrected chi connectivity index (χ2v) is 7.62. The van der Waals surface area contributed by atoms with Crippen molar-refractivity contribution in [2.24, 2.45) is 5.10 Å². The Morgan fingerprint density at radius 2 is 1.77 bits per heavy atom. The fourth-order valence-electron chi connectivity index (χ4n) is 2.43. The Morgan fingerprint density at radius 3 is 2.45 bits per heavy atom. The fourth-order valence-corrected chi connectivity index (χ4v) is 3.40. The Bertz CT molecular complexity index is 1260. The van der Waals surface area contributed by atoms with E-state index in [0.29, 0.717) is 5.56 Å². The number of amides is 1. The van der Waals surface area contributed by atoms with Crippen LogP contribution in [0.25, 0.3) is 0 Å². The predicted molar refractivity (Wildman–Crippen MR) is 111 cm³/mol. The SMILES string of the molecule is O=C(NN=Cc1ccc(OS(=O)(=O)c2cccc([N+](=O)[O-])c2)cc1)c1ccccc1O. The fraction of sp³-hybridized carbons (Fsp3) is 0. The number of benzene rings is 3. The van der Waals surface area contributed by atoms with Gasteiger partial charge in [-0.15, -0.1) is 0 Å². The van der Waals surface area contributed by atoms with E-state index in [9.17, 15) is 28.4 Å². The van der Waals surface area contributed by atoms with Gasteiger partial charge < -0.3 is 9.29 Å². The van der Waals surface area contributed by atoms with E-state index in [1.165, 1.54) is 60.8 Å². The minimum atomic E-state index is -4.26. The van der Waals surface area contributed by atoms with Crippen molar-refractivity contribution in [3.8, 4) is 11.5 Å². The van der Waals surface area contributed by atoms with E-state index in [4.69, 9.17) is 4.18 Å². The first-order chi connectivity index (χ1) is 14.8. The van der Waals surface area contributed by atoms with Crippen LogP contribution in [0, 0.1) is 10.1 Å². The summed E-state index contributed by atoms with van der Waals surface area (Å²) in [6.45, 7) is 0. The molecular weight excluding hydrogens is 426 g/mol. The number of hydrogen-bond acceptors (Lipinski definition) is 8. The lowest BCUT2D eigenvalue weighted by molar-refractivity contribution is -0.385. The van der Waals surface area contributed by atoms with Crippen LogP contribution in [-0.2, 0) is 10.1 Å². The minimum Gasteiger partial charge on any atom is -0.507 e. The Hall–Kier alpha value is -4.25. The molecule has 0 fully saturated rings. The van der Waals surface area contributed by atoms with Crippen molar-refractivity contribution in [1.82, 2.24) is 5.43 Å². The lowest BCUT2D eigenvalue weighted by Gasteiger charge is -2.07. The summed E-state index contributed by atoms with van der Waals surface area (Å²) in [7, 11) is -4.26. The summed E-state index contributed by atoms with van der Waals surface area (Å²) in [4.78, 5) is 21.7. The number of rotatable bonds is 7. The normalized spacial score (nSPS) is 11.2. The van der Waals surface area contributed by atoms with Crippen LogP contribution in [-0.4, -0.2) is 30.6 Å². The molecule has 3 aromatic carbocycles. The van der Waals surface area contributed by atoms with E-state index in [1.807, 2.05) is 0 Å². The number of para-hydroxylation sites is 1. The molecule has 2 N–H and O–H groups in total. The average Bonchev–Trinajstić information content (AvgIpc) is 2.75. The Kier molecular flexibility index (Phi) is 6.26. The van der Waals surface area contributed by atoms with Gasteiger partial charge in [-0.3, -0.25) is 14.9 Å². The third-order valence-electron chi connectivity index (χ3n) is 3.93. The van der Waals surface area contributed by atoms with Gasteiger partial charge in [0, 0.05) is 12.1 Å². The van der Waals surface area contributed by atoms with Gasteiger partial charge in [-0.25, -0.2) is 5.43 Å². The molecule has 0 saturated carbocycles. The molecule has 0 atom stereocenters. The van der Waals surface area contributed by atoms with Crippen LogP contribution in [0.4, 0.5) is 5.69 Å². The second-order valence-electron chi connectivity index (χ2n) is 6.08. The number of phenolic OH excluding ortho intramolecular Hbond substituents is 1. The summed E-state index contributed by atoms with van der Waals surface area (Å²) in [5.41, 5.74) is 2.48. The molecule has 0 bridgehead atoms. The topological polar surface area (TPSA) is 148 Å². The summed E-state index contributed by atoms with van der Waals surface area (Å²) in [6, 6.07) is 16.2. The summed E-state index contributed by atoms with van der Waals surface area (Å²) in [5, 5.41) is 24.2. The van der Waals surface area contributed by atoms with Crippen LogP contribution >= 0.6 is 0 Å². The molecule has 3 rings (SSSR count). The van der Waals surface area contributed by atoms with Crippen molar-refractivity contribution in [2.45, 2.75) is 4.90 Å². The van der Waals surface area contributed by atoms with Crippen LogP contribution in [0.3, 0.4) is 0 Å². The first-order valence-corrected chi connectivity index (χ1v) is 10.1. The highest BCUT2D eigenvalue weighted by Gasteiger charge is 2.19. The molecule has 1 amide bonds. The number of nitrogens with zero attached hydrogens (tertiary/aromatic N) is 2. The van der Waals surface area contributed by atoms with Gasteiger partial charge in [0.05, 0.1) is 16.7 Å². The highest BCUT2D eigenvalue weighted by molar-refractivity contribution is 7.87. The quantitative estimate of drug-likeness (QED) is 0.248. The molecule has 0 radical (unpaired) electrons. The van der Waals surface area contributed by atoms with E-state index < -0.39 is 20.9 Å². The number of nitro benzene ring substituents is 1. The summed E-state index contributed by atoms with van der Waals surface area (Å²) < 4.78 is 29.7. The van der Waals surface area contributed by atoms with Gasteiger partial charge in [-0.05, 0) is 48.0 Å². The van der Waals surface area contributed by atoms with Gasteiger partial charge in [0.1, 0.15) is 16.4 Å². The second kappa shape index (κ2) is 9.05. The Morgan fingerprint density at radius 1 is 1.06 bits per heavy atom. The number of hydrogen-bond donors (Lipinski definition) is 2. The smallest absolute Gasteiger partial charge is 0.339 e. The lowest BCUT2D eigenvalue weighted by atomic mass is 10.2. The van der Waals surface area contributed by atoms with Crippen LogP contribution in [0.2, 0.25) is 0 Å². The first kappa shape index (κ1) is 21.5. The van der Waals surface area contributed by atoms with Gasteiger partial charge in [-0.2, -0.15) is 13.5 Å². The van der Waals surface area contributed by atoms with E-state index in [1.54, 1.807) is 12.1 Å². The molecule has 0 aliphatic carbocycles. The van der Waals surface area contributed by atoms with Crippen molar-refractivity contribution >= 4 is 27.9 Å². The van der Waals surface area contributed by atoms with Gasteiger partial charge in [0.25, 0.3) is 11.6 Å². The first-order valence-electron chi connectivity index (χ1n) is 8.67. The van der Waals surface area contributed by atoms with Crippen molar-refractivity contribution < 1.29 is 27.4 Å². The van der Waals surface area contributed by atoms with Crippen LogP contribution in [0.15, 0.2) is 82.8 Å². The van der Waals surface area contributed by atoms with E-state index >= 15 is 0 Å². The van der Waals surface area contributed by atoms with Gasteiger partial charge in [0.15, 0.2) is 0 Å². The maximum Gasteiger partial charge on any atom is 0.339 e. The number of non-ortho nitro benzene ring substituents is 1. The molecule has 0 spiro atoms. The van der Waals surface area contributed by atoms with Gasteiger partial charge >= 0.3 is 10.1 Å². The number of carbonyl (C=O) groups is 1. The lowest BCUT2D eigenvalue weighted by Crippen LogP contribution is -2.17. The molecule has 3 aromatic rings. The monoisotopic (exact) mass is 441 g/mol. The van der Waals surface area contributed by atoms with Crippen molar-refractivity contribution in [1.29, 1.82) is 0 Å². The molecule has 0 saturated heterocycles. The number of carbonyl (C=O) groups excluding carboxylic acids is 1. The number of aromatic hydroxyl groups is 1. The molecule has 0 unspecified atom stereocenters. The van der Waals surface area contributed by atoms with Crippen LogP contribution in [0.5, 0.6) is 11.5 Å². The molecule has 0 aromatic heterocycles. The maximum absolute atomic E-state index is 12.3. The largest absolute Gasteiger partial charge is 0.507 e. The van der Waals surface area contributed by atoms with E-state index in [-0.39, 0.29) is 27.6 Å². The van der Waals surface area contributed by atoms with Crippen LogP contribution < -0.4 is 9.61 Å². The highest BCUT2D eigenvalue weighted by Crippen LogP contribution is 2.22. The van der Waals surface area contributed by atoms with E-state index in [2.05, 4.69) is 10.5 Å². The molecule has 10 nitrogen and oxygen atoms in total. The summed E-state index contributed by atoms with van der Waals surface area (Å²) in [6.07, 6.45) is 1.32. The van der Waals surface area contributed by atoms with Crippen LogP contribution in [0.1, 0.15) is 15.9 Å². The molecule has 0 heterocycles. The molecular formula is C20H15N3O7S. The standard InChI is InChI=1S/C20H15N3O7S/c24-19-7-2-1-6-18(19)20(25)22-21-13-14-8-10-16(11-9-14)30-31(28,29)17-5-3-4-15(12-17)23(26)27/h1-13,24H,(H,22,25). The number of nitro groups is 1. The zero-order chi connectivity index (χ0) is 22.4. The highest BCUT2D eigenvalue weighted by atomic mass is 32.2. The molecule has 0 aliphatic rings. The van der Waals surface area contributed by atoms with E-state index in [0.717, 1.165) is 6.07 Å². The molecule has 0 aliphatic heterocycles. The van der Waals surface area contributed by atoms with Crippen molar-refractivity contribution in [3.05, 3.63) is 94.0 Å². The summed E-state index contributed by atoms with van der Waals surface area (Å²) >= 11 is 0. The number of nitrogens with one attached hydrogen (secondary N) is 1. The molecule has 31 heavy (non-hydrogen) atoms. The zero-order valence-electron chi connectivity index (χ0n) is 15.7. The Balaban J connectivity index is 1.65. The number of hydrazone groups is 1. The van der Waals surface area contributed by atoms with Gasteiger partial charge in [0.2, 0.25) is 0 Å². The minimum absolute atomic E-state index is 0.0121. The Labute approximate surface area is 176 Å². The molecule has 158 valence electrons. The third kappa shape index (κ3) is 5.42. The third-order valence-corrected chi connectivity index (χ3v) is 5.17. The molecule has 11 heteroatoms. The maximum atomic E-state index is 12.3. The zero-order valence-corrected chi connectivity index (χ0v) is 16.5. The van der Waals surface area contributed by atoms with Gasteiger partial charge in [-0.1, -0.05) is 18.2 Å². The van der Waals surface area contributed by atoms with Crippen molar-refractivity contribution in [2.75, 3.05) is 0 Å². The van der Waals surface area contributed by atoms with Crippen molar-refractivity contribution in [3.63, 3.8) is 0 Å². The number of phenols is 1. The summed E-state index contributed by atoms with van der Waals surface area (Å²) in [5.74, 6) is -0.791. The predicted octanol–water partition coefficient (Wildman–Crippen LogP) is 2.83. The average molecular weight is 441 g/mol.